The number of benzene rings is 1. The van der Waals surface area contributed by atoms with Gasteiger partial charge in [0.15, 0.2) is 5.78 Å². The summed E-state index contributed by atoms with van der Waals surface area (Å²) in [7, 11) is 0. The van der Waals surface area contributed by atoms with Crippen LogP contribution in [0, 0.1) is 0 Å². The summed E-state index contributed by atoms with van der Waals surface area (Å²) in [5.41, 5.74) is 5.46. The zero-order chi connectivity index (χ0) is 12.3. The van der Waals surface area contributed by atoms with Crippen molar-refractivity contribution >= 4 is 27.4 Å². The Hall–Kier alpha value is -1.24. The van der Waals surface area contributed by atoms with Crippen LogP contribution >= 0.6 is 15.9 Å². The molecule has 3 nitrogen and oxygen atoms in total. The Bertz CT molecular complexity index is 406. The molecule has 0 spiro atoms. The maximum atomic E-state index is 11.9. The number of rotatable bonds is 3. The summed E-state index contributed by atoms with van der Waals surface area (Å²) >= 11 is 2.91. The van der Waals surface area contributed by atoms with Crippen LogP contribution in [-0.2, 0) is 0 Å². The third kappa shape index (κ3) is 3.73. The van der Waals surface area contributed by atoms with Crippen LogP contribution in [0.1, 0.15) is 10.4 Å². The zero-order valence-corrected chi connectivity index (χ0v) is 9.43. The number of nitrogens with two attached hydrogens (primary N) is 1. The molecule has 1 rings (SSSR count). The van der Waals surface area contributed by atoms with Gasteiger partial charge in [-0.3, -0.25) is 4.79 Å². The molecule has 0 amide bonds. The van der Waals surface area contributed by atoms with E-state index in [0.717, 1.165) is 12.1 Å². The van der Waals surface area contributed by atoms with Gasteiger partial charge in [-0.25, -0.2) is 0 Å². The number of nitrogen functional groups attached to an aromatic ring is 1. The predicted octanol–water partition coefficient (Wildman–Crippen LogP) is 2.75. The number of hydrogen-bond acceptors (Lipinski definition) is 3. The van der Waals surface area contributed by atoms with Crippen LogP contribution in [0.3, 0.4) is 0 Å². The minimum Gasteiger partial charge on any atom is -0.406 e. The van der Waals surface area contributed by atoms with Crippen molar-refractivity contribution in [2.75, 3.05) is 11.1 Å². The molecule has 0 heterocycles. The number of alkyl halides is 4. The molecule has 0 unspecified atom stereocenters. The Balaban J connectivity index is 3.03. The third-order valence-corrected chi connectivity index (χ3v) is 2.12. The van der Waals surface area contributed by atoms with Crippen molar-refractivity contribution < 1.29 is 22.7 Å². The molecule has 1 aromatic rings. The summed E-state index contributed by atoms with van der Waals surface area (Å²) in [6.45, 7) is 0. The van der Waals surface area contributed by atoms with Crippen LogP contribution in [0.2, 0.25) is 0 Å². The van der Waals surface area contributed by atoms with Gasteiger partial charge in [0, 0.05) is 17.3 Å². The number of Topliss-reactive ketones (excluding diaryl/α,β-unsaturated/α-hetero) is 1. The first-order valence-electron chi connectivity index (χ1n) is 4.07. The Kier molecular flexibility index (Phi) is 3.79. The van der Waals surface area contributed by atoms with Gasteiger partial charge in [-0.1, -0.05) is 15.9 Å². The molecular formula is C9H7BrF3NO2. The van der Waals surface area contributed by atoms with Gasteiger partial charge in [-0.15, -0.1) is 13.2 Å². The summed E-state index contributed by atoms with van der Waals surface area (Å²) < 4.78 is 39.5. The van der Waals surface area contributed by atoms with Gasteiger partial charge in [-0.2, -0.15) is 0 Å². The molecule has 0 saturated heterocycles. The lowest BCUT2D eigenvalue weighted by Gasteiger charge is -2.10. The van der Waals surface area contributed by atoms with Crippen LogP contribution in [0.5, 0.6) is 5.75 Å². The fourth-order valence-corrected chi connectivity index (χ4v) is 1.38. The van der Waals surface area contributed by atoms with E-state index in [2.05, 4.69) is 20.7 Å². The Morgan fingerprint density at radius 3 is 2.50 bits per heavy atom. The van der Waals surface area contributed by atoms with E-state index in [4.69, 9.17) is 5.73 Å². The van der Waals surface area contributed by atoms with Gasteiger partial charge in [0.05, 0.1) is 5.33 Å². The molecule has 0 radical (unpaired) electrons. The van der Waals surface area contributed by atoms with E-state index in [1.54, 1.807) is 0 Å². The molecule has 0 aliphatic carbocycles. The summed E-state index contributed by atoms with van der Waals surface area (Å²) in [5.74, 6) is -0.879. The Morgan fingerprint density at radius 1 is 1.38 bits per heavy atom. The monoisotopic (exact) mass is 297 g/mol. The first kappa shape index (κ1) is 12.8. The third-order valence-electron chi connectivity index (χ3n) is 1.61. The zero-order valence-electron chi connectivity index (χ0n) is 7.84. The van der Waals surface area contributed by atoms with Gasteiger partial charge < -0.3 is 10.5 Å². The summed E-state index contributed by atoms with van der Waals surface area (Å²) in [6.07, 6.45) is -4.80. The smallest absolute Gasteiger partial charge is 0.406 e. The first-order valence-corrected chi connectivity index (χ1v) is 5.19. The normalized spacial score (nSPS) is 11.2. The summed E-state index contributed by atoms with van der Waals surface area (Å²) in [4.78, 5) is 11.2. The minimum absolute atomic E-state index is 0.00190. The Morgan fingerprint density at radius 2 is 2.00 bits per heavy atom. The van der Waals surface area contributed by atoms with Crippen LogP contribution < -0.4 is 10.5 Å². The van der Waals surface area contributed by atoms with E-state index in [1.807, 2.05) is 0 Å². The second kappa shape index (κ2) is 4.73. The maximum Gasteiger partial charge on any atom is 0.573 e. The molecule has 16 heavy (non-hydrogen) atoms. The highest BCUT2D eigenvalue weighted by Crippen LogP contribution is 2.26. The van der Waals surface area contributed by atoms with Crippen molar-refractivity contribution in [3.05, 3.63) is 23.8 Å². The number of carbonyl (C=O) groups excluding carboxylic acids is 1. The van der Waals surface area contributed by atoms with Crippen LogP contribution in [-0.4, -0.2) is 17.5 Å². The van der Waals surface area contributed by atoms with E-state index in [9.17, 15) is 18.0 Å². The van der Waals surface area contributed by atoms with E-state index >= 15 is 0 Å². The van der Waals surface area contributed by atoms with E-state index in [1.165, 1.54) is 6.07 Å². The maximum absolute atomic E-state index is 11.9. The number of anilines is 1. The predicted molar refractivity (Wildman–Crippen MR) is 55.7 cm³/mol. The van der Waals surface area contributed by atoms with Gasteiger partial charge >= 0.3 is 6.36 Å². The standard InChI is InChI=1S/C9H7BrF3NO2/c10-4-8(15)5-1-6(14)3-7(2-5)16-9(11,12)13/h1-3H,4,14H2. The molecule has 1 aromatic carbocycles. The number of halogens is 4. The van der Waals surface area contributed by atoms with Crippen molar-refractivity contribution in [2.24, 2.45) is 0 Å². The van der Waals surface area contributed by atoms with Gasteiger partial charge in [-0.05, 0) is 12.1 Å². The van der Waals surface area contributed by atoms with Crippen LogP contribution in [0.4, 0.5) is 18.9 Å². The first-order chi connectivity index (χ1) is 7.31. The largest absolute Gasteiger partial charge is 0.573 e. The molecule has 0 saturated carbocycles. The van der Waals surface area contributed by atoms with Crippen molar-refractivity contribution in [3.8, 4) is 5.75 Å². The van der Waals surface area contributed by atoms with E-state index in [-0.39, 0.29) is 22.4 Å². The number of hydrogen-bond donors (Lipinski definition) is 1. The average Bonchev–Trinajstić information content (AvgIpc) is 2.12. The fourth-order valence-electron chi connectivity index (χ4n) is 1.05. The number of ether oxygens (including phenoxy) is 1. The minimum atomic E-state index is -4.80. The fraction of sp³-hybridized carbons (Fsp3) is 0.222. The molecule has 2 N–H and O–H groups in total. The molecule has 0 aliphatic rings. The highest BCUT2D eigenvalue weighted by molar-refractivity contribution is 9.09. The SMILES string of the molecule is Nc1cc(OC(F)(F)F)cc(C(=O)CBr)c1. The summed E-state index contributed by atoms with van der Waals surface area (Å²) in [6, 6.07) is 3.28. The Labute approximate surface area is 97.5 Å². The molecule has 0 aromatic heterocycles. The molecule has 0 bridgehead atoms. The molecule has 0 aliphatic heterocycles. The quantitative estimate of drug-likeness (QED) is 0.530. The number of carbonyl (C=O) groups is 1. The van der Waals surface area contributed by atoms with Gasteiger partial charge in [0.25, 0.3) is 0 Å². The van der Waals surface area contributed by atoms with Crippen molar-refractivity contribution in [1.82, 2.24) is 0 Å². The van der Waals surface area contributed by atoms with Crippen LogP contribution in [0.25, 0.3) is 0 Å². The van der Waals surface area contributed by atoms with E-state index < -0.39 is 12.1 Å². The summed E-state index contributed by atoms with van der Waals surface area (Å²) in [5, 5.41) is 0.00190. The van der Waals surface area contributed by atoms with Crippen molar-refractivity contribution in [3.63, 3.8) is 0 Å². The molecule has 88 valence electrons. The molecule has 0 atom stereocenters. The van der Waals surface area contributed by atoms with Crippen molar-refractivity contribution in [1.29, 1.82) is 0 Å². The van der Waals surface area contributed by atoms with Crippen molar-refractivity contribution in [2.45, 2.75) is 6.36 Å². The lowest BCUT2D eigenvalue weighted by Crippen LogP contribution is -2.17. The van der Waals surface area contributed by atoms with E-state index in [0.29, 0.717) is 0 Å². The van der Waals surface area contributed by atoms with Crippen LogP contribution in [0.15, 0.2) is 18.2 Å². The number of ketones is 1. The molecule has 0 fully saturated rings. The molecular weight excluding hydrogens is 291 g/mol. The highest BCUT2D eigenvalue weighted by Gasteiger charge is 2.31. The molecule has 7 heteroatoms. The van der Waals surface area contributed by atoms with Gasteiger partial charge in [0.1, 0.15) is 5.75 Å². The lowest BCUT2D eigenvalue weighted by atomic mass is 10.1. The van der Waals surface area contributed by atoms with Gasteiger partial charge in [0.2, 0.25) is 0 Å². The second-order valence-corrected chi connectivity index (χ2v) is 3.46. The topological polar surface area (TPSA) is 52.3 Å². The highest BCUT2D eigenvalue weighted by atomic mass is 79.9. The second-order valence-electron chi connectivity index (χ2n) is 2.90. The lowest BCUT2D eigenvalue weighted by molar-refractivity contribution is -0.274. The average molecular weight is 298 g/mol.